The van der Waals surface area contributed by atoms with E-state index in [1.807, 2.05) is 10.6 Å². The van der Waals surface area contributed by atoms with Crippen molar-refractivity contribution in [1.82, 2.24) is 15.3 Å². The molecule has 16 heteroatoms. The minimum absolute atomic E-state index is 0.00247. The molecule has 44 heavy (non-hydrogen) atoms. The fraction of sp³-hybridized carbons (Fsp3) is 0.214. The number of hydrogen-bond acceptors (Lipinski definition) is 6. The van der Waals surface area contributed by atoms with Crippen molar-refractivity contribution in [3.8, 4) is 11.3 Å². The highest BCUT2D eigenvalue weighted by Crippen LogP contribution is 2.39. The van der Waals surface area contributed by atoms with Crippen molar-refractivity contribution in [2.45, 2.75) is 37.8 Å². The van der Waals surface area contributed by atoms with Gasteiger partial charge in [-0.15, -0.1) is 0 Å². The molecule has 0 radical (unpaired) electrons. The Labute approximate surface area is 242 Å². The highest BCUT2D eigenvalue weighted by molar-refractivity contribution is 5.98. The van der Waals surface area contributed by atoms with Crippen molar-refractivity contribution in [1.29, 1.82) is 0 Å². The first-order valence-corrected chi connectivity index (χ1v) is 12.5. The Kier molecular flexibility index (Phi) is 8.65. The third kappa shape index (κ3) is 6.79. The van der Waals surface area contributed by atoms with E-state index in [1.165, 1.54) is 30.5 Å². The van der Waals surface area contributed by atoms with Crippen LogP contribution in [-0.2, 0) is 17.4 Å². The number of nitrogens with two attached hydrogens (primary N) is 1. The van der Waals surface area contributed by atoms with Crippen molar-refractivity contribution in [3.05, 3.63) is 83.1 Å². The molecule has 4 aromatic rings. The molecule has 2 aromatic heterocycles. The molecule has 0 spiro atoms. The maximum Gasteiger partial charge on any atom is 0.418 e. The summed E-state index contributed by atoms with van der Waals surface area (Å²) in [5, 5.41) is 13.8. The van der Waals surface area contributed by atoms with E-state index < -0.39 is 76.9 Å². The Morgan fingerprint density at radius 2 is 1.66 bits per heavy atom. The summed E-state index contributed by atoms with van der Waals surface area (Å²) in [5.41, 5.74) is 2.27. The van der Waals surface area contributed by atoms with Gasteiger partial charge in [0.25, 0.3) is 5.91 Å². The van der Waals surface area contributed by atoms with E-state index in [1.54, 1.807) is 0 Å². The molecular formula is C28H21F8N5O3. The van der Waals surface area contributed by atoms with Gasteiger partial charge in [0, 0.05) is 29.3 Å². The summed E-state index contributed by atoms with van der Waals surface area (Å²) in [5.74, 6) is -6.46. The molecular weight excluding hydrogens is 606 g/mol. The normalized spacial score (nSPS) is 13.4. The zero-order valence-electron chi connectivity index (χ0n) is 22.3. The third-order valence-corrected chi connectivity index (χ3v) is 6.51. The number of aromatic nitrogens is 2. The second-order valence-electron chi connectivity index (χ2n) is 9.59. The van der Waals surface area contributed by atoms with Crippen LogP contribution >= 0.6 is 0 Å². The molecule has 232 valence electrons. The third-order valence-electron chi connectivity index (χ3n) is 6.51. The molecule has 2 atom stereocenters. The topological polar surface area (TPSA) is 130 Å². The van der Waals surface area contributed by atoms with Crippen LogP contribution in [0.1, 0.15) is 28.4 Å². The largest absolute Gasteiger partial charge is 0.480 e. The number of fused-ring (bicyclic) bond motifs is 1. The van der Waals surface area contributed by atoms with Crippen molar-refractivity contribution in [3.63, 3.8) is 0 Å². The van der Waals surface area contributed by atoms with E-state index in [4.69, 9.17) is 5.73 Å². The lowest BCUT2D eigenvalue weighted by molar-refractivity contribution is -0.139. The number of nitrogens with one attached hydrogen (secondary N) is 2. The van der Waals surface area contributed by atoms with Gasteiger partial charge in [0.05, 0.1) is 16.8 Å². The first-order chi connectivity index (χ1) is 20.5. The van der Waals surface area contributed by atoms with Gasteiger partial charge in [-0.25, -0.2) is 18.6 Å². The van der Waals surface area contributed by atoms with E-state index in [-0.39, 0.29) is 27.8 Å². The lowest BCUT2D eigenvalue weighted by Gasteiger charge is -2.20. The number of carbonyl (C=O) groups is 2. The molecule has 4 rings (SSSR count). The van der Waals surface area contributed by atoms with E-state index in [9.17, 15) is 49.8 Å². The first-order valence-electron chi connectivity index (χ1n) is 12.5. The van der Waals surface area contributed by atoms with E-state index in [0.717, 1.165) is 12.1 Å². The summed E-state index contributed by atoms with van der Waals surface area (Å²) in [4.78, 5) is 32.8. The molecule has 0 bridgehead atoms. The van der Waals surface area contributed by atoms with Crippen LogP contribution in [-0.4, -0.2) is 45.2 Å². The molecule has 1 amide bonds. The maximum absolute atomic E-state index is 14.7. The summed E-state index contributed by atoms with van der Waals surface area (Å²) in [6, 6.07) is 4.03. The molecule has 0 aliphatic heterocycles. The van der Waals surface area contributed by atoms with Crippen LogP contribution in [0.15, 0.2) is 54.7 Å². The van der Waals surface area contributed by atoms with Gasteiger partial charge in [0.2, 0.25) is 0 Å². The van der Waals surface area contributed by atoms with Gasteiger partial charge in [-0.3, -0.25) is 9.78 Å². The molecule has 0 saturated carbocycles. The SMILES string of the molecule is C[C@@H](Nc1cc(F)c(C(=O)N[C@@H](Cc2ccc(-c3nc(N)ccc3C(F)(F)F)c3ncccc23)C(=O)O)c(F)c1)C(F)(F)F. The fourth-order valence-electron chi connectivity index (χ4n) is 4.36. The van der Waals surface area contributed by atoms with Gasteiger partial charge < -0.3 is 21.5 Å². The zero-order valence-corrected chi connectivity index (χ0v) is 22.3. The average molecular weight is 627 g/mol. The number of carboxylic acids is 1. The molecule has 2 aromatic carbocycles. The molecule has 0 aliphatic carbocycles. The minimum Gasteiger partial charge on any atom is -0.480 e. The lowest BCUT2D eigenvalue weighted by Crippen LogP contribution is -2.43. The molecule has 0 aliphatic rings. The molecule has 0 fully saturated rings. The summed E-state index contributed by atoms with van der Waals surface area (Å²) in [7, 11) is 0. The molecule has 0 unspecified atom stereocenters. The van der Waals surface area contributed by atoms with Crippen LogP contribution in [0, 0.1) is 11.6 Å². The predicted octanol–water partition coefficient (Wildman–Crippen LogP) is 5.96. The Bertz CT molecular complexity index is 1720. The number of amides is 1. The van der Waals surface area contributed by atoms with Crippen LogP contribution in [0.5, 0.6) is 0 Å². The maximum atomic E-state index is 14.7. The quantitative estimate of drug-likeness (QED) is 0.177. The van der Waals surface area contributed by atoms with E-state index in [0.29, 0.717) is 19.1 Å². The van der Waals surface area contributed by atoms with Crippen LogP contribution in [0.3, 0.4) is 0 Å². The Balaban J connectivity index is 1.66. The number of benzene rings is 2. The van der Waals surface area contributed by atoms with Gasteiger partial charge in [0.15, 0.2) is 0 Å². The van der Waals surface area contributed by atoms with Gasteiger partial charge in [-0.05, 0) is 42.8 Å². The Morgan fingerprint density at radius 1 is 1.00 bits per heavy atom. The van der Waals surface area contributed by atoms with Crippen LogP contribution in [0.4, 0.5) is 46.6 Å². The second-order valence-corrected chi connectivity index (χ2v) is 9.59. The van der Waals surface area contributed by atoms with Gasteiger partial charge in [0.1, 0.15) is 35.1 Å². The standard InChI is InChI=1S/C28H21F8N5O3/c1-12(27(31,32)33)39-14-10-18(29)22(19(30)11-14)25(42)40-20(26(43)44)9-13-4-5-16(23-15(13)3-2-8-38-23)24-17(28(34,35)36)6-7-21(37)41-24/h2-8,10-12,20,39H,9H2,1H3,(H2,37,41)(H,40,42)(H,43,44)/t12-,20+/m1/s1. The van der Waals surface area contributed by atoms with Crippen LogP contribution < -0.4 is 16.4 Å². The number of pyridine rings is 2. The summed E-state index contributed by atoms with van der Waals surface area (Å²) < 4.78 is 109. The number of carbonyl (C=O) groups excluding carboxylic acids is 1. The Hall–Kier alpha value is -5.02. The first kappa shape index (κ1) is 31.9. The number of aliphatic carboxylic acids is 1. The van der Waals surface area contributed by atoms with Gasteiger partial charge in [-0.1, -0.05) is 18.2 Å². The summed E-state index contributed by atoms with van der Waals surface area (Å²) in [6.45, 7) is 0.709. The number of hydrogen-bond donors (Lipinski definition) is 4. The van der Waals surface area contributed by atoms with E-state index in [2.05, 4.69) is 9.97 Å². The summed E-state index contributed by atoms with van der Waals surface area (Å²) in [6.07, 6.45) is -8.76. The van der Waals surface area contributed by atoms with Crippen LogP contribution in [0.25, 0.3) is 22.2 Å². The molecule has 5 N–H and O–H groups in total. The second kappa shape index (κ2) is 11.9. The number of nitrogen functional groups attached to an aromatic ring is 1. The minimum atomic E-state index is -4.80. The number of carboxylic acid groups (broad SMARTS) is 1. The highest BCUT2D eigenvalue weighted by atomic mass is 19.4. The number of nitrogens with zero attached hydrogens (tertiary/aromatic N) is 2. The van der Waals surface area contributed by atoms with E-state index >= 15 is 0 Å². The average Bonchev–Trinajstić information content (AvgIpc) is 2.91. The van der Waals surface area contributed by atoms with Crippen molar-refractivity contribution < 1.29 is 49.8 Å². The number of rotatable bonds is 8. The number of halogens is 8. The molecule has 2 heterocycles. The number of alkyl halides is 6. The Morgan fingerprint density at radius 3 is 2.25 bits per heavy atom. The van der Waals surface area contributed by atoms with Crippen molar-refractivity contribution >= 4 is 34.3 Å². The monoisotopic (exact) mass is 627 g/mol. The fourth-order valence-corrected chi connectivity index (χ4v) is 4.36. The number of anilines is 2. The highest BCUT2D eigenvalue weighted by Gasteiger charge is 2.37. The molecule has 8 nitrogen and oxygen atoms in total. The summed E-state index contributed by atoms with van der Waals surface area (Å²) >= 11 is 0. The molecule has 0 saturated heterocycles. The van der Waals surface area contributed by atoms with Crippen LogP contribution in [0.2, 0.25) is 0 Å². The van der Waals surface area contributed by atoms with Crippen molar-refractivity contribution in [2.24, 2.45) is 0 Å². The van der Waals surface area contributed by atoms with Crippen molar-refractivity contribution in [2.75, 3.05) is 11.1 Å². The predicted molar refractivity (Wildman–Crippen MR) is 142 cm³/mol. The van der Waals surface area contributed by atoms with Gasteiger partial charge in [-0.2, -0.15) is 26.3 Å². The smallest absolute Gasteiger partial charge is 0.418 e. The zero-order chi connectivity index (χ0) is 32.6. The lowest BCUT2D eigenvalue weighted by atomic mass is 9.95. The van der Waals surface area contributed by atoms with Gasteiger partial charge >= 0.3 is 18.3 Å².